The lowest BCUT2D eigenvalue weighted by Gasteiger charge is -2.21. The number of hydrogen-bond donors (Lipinski definition) is 1. The second-order valence-electron chi connectivity index (χ2n) is 10.3. The molecule has 0 aliphatic heterocycles. The minimum absolute atomic E-state index is 0.0581. The predicted octanol–water partition coefficient (Wildman–Crippen LogP) is 7.74. The number of rotatable bonds is 30. The van der Waals surface area contributed by atoms with E-state index in [0.717, 1.165) is 25.9 Å². The molecule has 0 spiro atoms. The predicted molar refractivity (Wildman–Crippen MR) is 154 cm³/mol. The fourth-order valence-electron chi connectivity index (χ4n) is 4.42. The molecule has 0 radical (unpaired) electrons. The van der Waals surface area contributed by atoms with E-state index >= 15 is 0 Å². The molecule has 0 aromatic heterocycles. The van der Waals surface area contributed by atoms with Gasteiger partial charge in [-0.05, 0) is 19.5 Å². The minimum atomic E-state index is -3.72. The highest BCUT2D eigenvalue weighted by Gasteiger charge is 2.23. The summed E-state index contributed by atoms with van der Waals surface area (Å²) in [7, 11) is -3.72. The summed E-state index contributed by atoms with van der Waals surface area (Å²) in [5.74, 6) is 0. The maximum atomic E-state index is 12.2. The van der Waals surface area contributed by atoms with E-state index in [1.54, 1.807) is 0 Å². The second-order valence-corrected chi connectivity index (χ2v) is 12.3. The molecule has 0 aliphatic rings. The molecule has 0 aromatic carbocycles. The van der Waals surface area contributed by atoms with E-state index < -0.39 is 13.7 Å². The number of unbranched alkanes of at least 4 members (excludes halogenated alkanes) is 16. The van der Waals surface area contributed by atoms with Crippen LogP contribution in [0.15, 0.2) is 0 Å². The lowest BCUT2D eigenvalue weighted by atomic mass is 10.0. The molecule has 0 saturated heterocycles. The average Bonchev–Trinajstić information content (AvgIpc) is 2.89. The molecule has 8 heteroatoms. The first kappa shape index (κ1) is 36.5. The quantitative estimate of drug-likeness (QED) is 0.0557. The average molecular weight is 550 g/mol. The van der Waals surface area contributed by atoms with Crippen molar-refractivity contribution in [1.29, 1.82) is 0 Å². The number of ether oxygens (including phenoxy) is 2. The molecule has 2 unspecified atom stereocenters. The van der Waals surface area contributed by atoms with Gasteiger partial charge in [-0.25, -0.2) is 0 Å². The van der Waals surface area contributed by atoms with Crippen LogP contribution >= 0.6 is 7.60 Å². The van der Waals surface area contributed by atoms with Gasteiger partial charge in [0.25, 0.3) is 6.47 Å². The van der Waals surface area contributed by atoms with Gasteiger partial charge in [0.05, 0.1) is 19.4 Å². The highest BCUT2D eigenvalue weighted by atomic mass is 31.2. The monoisotopic (exact) mass is 549 g/mol. The van der Waals surface area contributed by atoms with Crippen molar-refractivity contribution >= 4 is 14.1 Å². The zero-order valence-corrected chi connectivity index (χ0v) is 25.4. The summed E-state index contributed by atoms with van der Waals surface area (Å²) in [4.78, 5) is 22.9. The zero-order chi connectivity index (χ0) is 27.5. The van der Waals surface area contributed by atoms with E-state index in [1.165, 1.54) is 96.3 Å². The molecule has 222 valence electrons. The zero-order valence-electron chi connectivity index (χ0n) is 24.5. The molecule has 2 atom stereocenters. The van der Waals surface area contributed by atoms with Crippen LogP contribution in [0.3, 0.4) is 0 Å². The molecule has 0 aliphatic carbocycles. The molecule has 37 heavy (non-hydrogen) atoms. The van der Waals surface area contributed by atoms with Gasteiger partial charge in [-0.3, -0.25) is 9.36 Å². The van der Waals surface area contributed by atoms with Crippen molar-refractivity contribution in [3.05, 3.63) is 0 Å². The number of carbonyl (C=O) groups is 1. The lowest BCUT2D eigenvalue weighted by Crippen LogP contribution is -2.28. The maximum absolute atomic E-state index is 12.2. The summed E-state index contributed by atoms with van der Waals surface area (Å²) in [5.41, 5.74) is 0. The summed E-state index contributed by atoms with van der Waals surface area (Å²) >= 11 is 0. The normalized spacial score (nSPS) is 14.1. The molecule has 0 aromatic rings. The van der Waals surface area contributed by atoms with Gasteiger partial charge in [0.1, 0.15) is 6.10 Å². The molecule has 1 N–H and O–H groups in total. The van der Waals surface area contributed by atoms with Crippen molar-refractivity contribution in [2.45, 2.75) is 136 Å². The van der Waals surface area contributed by atoms with E-state index in [-0.39, 0.29) is 19.4 Å². The maximum Gasteiger partial charge on any atom is 0.329 e. The number of nitrogens with zero attached hydrogens (tertiary/aromatic N) is 1. The lowest BCUT2D eigenvalue weighted by molar-refractivity contribution is -0.138. The molecule has 0 heterocycles. The first-order valence-electron chi connectivity index (χ1n) is 15.3. The van der Waals surface area contributed by atoms with E-state index in [2.05, 4.69) is 11.8 Å². The summed E-state index contributed by atoms with van der Waals surface area (Å²) in [6.45, 7) is 9.40. The smallest absolute Gasteiger partial charge is 0.329 e. The highest BCUT2D eigenvalue weighted by Crippen LogP contribution is 2.41. The van der Waals surface area contributed by atoms with Crippen molar-refractivity contribution in [3.63, 3.8) is 0 Å². The van der Waals surface area contributed by atoms with Gasteiger partial charge in [-0.1, -0.05) is 124 Å². The fourth-order valence-corrected chi connectivity index (χ4v) is 5.48. The Morgan fingerprint density at radius 1 is 0.730 bits per heavy atom. The highest BCUT2D eigenvalue weighted by molar-refractivity contribution is 7.52. The second kappa shape index (κ2) is 27.1. The van der Waals surface area contributed by atoms with Crippen molar-refractivity contribution in [1.82, 2.24) is 4.90 Å². The third-order valence-electron chi connectivity index (χ3n) is 7.00. The Morgan fingerprint density at radius 2 is 1.19 bits per heavy atom. The molecular formula is C29H60NO6P. The topological polar surface area (TPSA) is 85.3 Å². The standard InChI is InChI=1S/C29H60NO6P/c1-4-7-8-9-10-11-12-13-14-15-16-17-18-19-20-21-22-24-34-26-29(35-28-31)27-36-37(32,33)25-23-30(5-2)6-3/h28-29H,4-27H2,1-3H3,(H,32,33). The molecule has 0 bridgehead atoms. The summed E-state index contributed by atoms with van der Waals surface area (Å²) in [6.07, 6.45) is 22.1. The van der Waals surface area contributed by atoms with Crippen LogP contribution in [0, 0.1) is 0 Å². The van der Waals surface area contributed by atoms with Crippen LogP contribution in [0.4, 0.5) is 0 Å². The number of carbonyl (C=O) groups excluding carboxylic acids is 1. The Balaban J connectivity index is 3.59. The Morgan fingerprint density at radius 3 is 1.62 bits per heavy atom. The van der Waals surface area contributed by atoms with Gasteiger partial charge in [-0.2, -0.15) is 0 Å². The van der Waals surface area contributed by atoms with Crippen molar-refractivity contribution in [2.75, 3.05) is 45.6 Å². The largest absolute Gasteiger partial charge is 0.460 e. The third kappa shape index (κ3) is 25.6. The third-order valence-corrected chi connectivity index (χ3v) is 8.32. The summed E-state index contributed by atoms with van der Waals surface area (Å²) in [5, 5.41) is 0. The molecule has 0 rings (SSSR count). The Hall–Kier alpha value is -0.460. The van der Waals surface area contributed by atoms with Gasteiger partial charge >= 0.3 is 7.60 Å². The minimum Gasteiger partial charge on any atom is -0.460 e. The Bertz CT molecular complexity index is 533. The molecule has 0 amide bonds. The first-order valence-corrected chi connectivity index (χ1v) is 17.1. The van der Waals surface area contributed by atoms with Crippen LogP contribution in [0.2, 0.25) is 0 Å². The Kier molecular flexibility index (Phi) is 26.8. The van der Waals surface area contributed by atoms with Crippen LogP contribution in [0.5, 0.6) is 0 Å². The van der Waals surface area contributed by atoms with Gasteiger partial charge in [0.2, 0.25) is 0 Å². The fraction of sp³-hybridized carbons (Fsp3) is 0.966. The van der Waals surface area contributed by atoms with E-state index in [9.17, 15) is 14.3 Å². The van der Waals surface area contributed by atoms with Gasteiger partial charge in [0.15, 0.2) is 0 Å². The van der Waals surface area contributed by atoms with Crippen molar-refractivity contribution in [3.8, 4) is 0 Å². The summed E-state index contributed by atoms with van der Waals surface area (Å²) in [6, 6.07) is 0. The molecule has 7 nitrogen and oxygen atoms in total. The van der Waals surface area contributed by atoms with Crippen LogP contribution in [0.1, 0.15) is 130 Å². The van der Waals surface area contributed by atoms with E-state index in [4.69, 9.17) is 14.0 Å². The van der Waals surface area contributed by atoms with Crippen LogP contribution in [0.25, 0.3) is 0 Å². The van der Waals surface area contributed by atoms with E-state index in [0.29, 0.717) is 19.6 Å². The number of hydrogen-bond acceptors (Lipinski definition) is 6. The summed E-state index contributed by atoms with van der Waals surface area (Å²) < 4.78 is 28.0. The van der Waals surface area contributed by atoms with Gasteiger partial charge in [0, 0.05) is 13.2 Å². The Labute approximate surface area is 228 Å². The van der Waals surface area contributed by atoms with Crippen molar-refractivity contribution in [2.24, 2.45) is 0 Å². The van der Waals surface area contributed by atoms with Crippen LogP contribution in [-0.4, -0.2) is 68.0 Å². The molecular weight excluding hydrogens is 489 g/mol. The van der Waals surface area contributed by atoms with Gasteiger partial charge < -0.3 is 23.8 Å². The first-order chi connectivity index (χ1) is 18.0. The van der Waals surface area contributed by atoms with Crippen LogP contribution < -0.4 is 0 Å². The van der Waals surface area contributed by atoms with Crippen molar-refractivity contribution < 1.29 is 28.3 Å². The molecule has 0 fully saturated rings. The van der Waals surface area contributed by atoms with Crippen LogP contribution in [-0.2, 0) is 23.4 Å². The SMILES string of the molecule is CCCCCCCCCCCCCCCCCCCOCC(COP(=O)(O)CCN(CC)CC)OC=O. The molecule has 0 saturated carbocycles. The van der Waals surface area contributed by atoms with E-state index in [1.807, 2.05) is 13.8 Å². The van der Waals surface area contributed by atoms with Gasteiger partial charge in [-0.15, -0.1) is 0 Å².